The third-order valence-corrected chi connectivity index (χ3v) is 0.941. The largest absolute Gasteiger partial charge is 0.403 e. The van der Waals surface area contributed by atoms with Crippen molar-refractivity contribution in [2.24, 2.45) is 10.7 Å². The Labute approximate surface area is 69.0 Å². The fourth-order valence-corrected chi connectivity index (χ4v) is 0.628. The van der Waals surface area contributed by atoms with Crippen molar-refractivity contribution in [3.63, 3.8) is 0 Å². The van der Waals surface area contributed by atoms with Crippen LogP contribution in [-0.4, -0.2) is 11.9 Å². The van der Waals surface area contributed by atoms with Crippen molar-refractivity contribution in [3.05, 3.63) is 11.9 Å². The fourth-order valence-electron chi connectivity index (χ4n) is 0.628. The van der Waals surface area contributed by atoms with Gasteiger partial charge in [-0.25, -0.2) is 0 Å². The summed E-state index contributed by atoms with van der Waals surface area (Å²) in [5.74, 6) is 0. The maximum atomic E-state index is 11.8. The summed E-state index contributed by atoms with van der Waals surface area (Å²) in [7, 11) is 0. The molecule has 0 aliphatic carbocycles. The smallest absolute Gasteiger partial charge is 0.394 e. The molecule has 2 N–H and O–H groups in total. The Morgan fingerprint density at radius 2 is 1.92 bits per heavy atom. The van der Waals surface area contributed by atoms with Crippen LogP contribution in [0.5, 0.6) is 0 Å². The van der Waals surface area contributed by atoms with Crippen LogP contribution in [0.2, 0.25) is 0 Å². The van der Waals surface area contributed by atoms with Crippen LogP contribution in [-0.2, 0) is 0 Å². The van der Waals surface area contributed by atoms with Gasteiger partial charge in [-0.2, -0.15) is 13.2 Å². The first-order valence-electron chi connectivity index (χ1n) is 3.34. The number of rotatable bonds is 2. The topological polar surface area (TPSA) is 38.4 Å². The van der Waals surface area contributed by atoms with Gasteiger partial charge < -0.3 is 5.73 Å². The molecule has 0 bridgehead atoms. The van der Waals surface area contributed by atoms with Gasteiger partial charge in [0.1, 0.15) is 0 Å². The first kappa shape index (κ1) is 11.0. The summed E-state index contributed by atoms with van der Waals surface area (Å²) in [5.41, 5.74) is 5.36. The molecular weight excluding hydrogens is 169 g/mol. The number of hydrogen-bond donors (Lipinski definition) is 1. The van der Waals surface area contributed by atoms with Gasteiger partial charge in [-0.05, 0) is 13.8 Å². The van der Waals surface area contributed by atoms with E-state index in [1.807, 2.05) is 0 Å². The van der Waals surface area contributed by atoms with E-state index >= 15 is 0 Å². The van der Waals surface area contributed by atoms with Gasteiger partial charge in [-0.15, -0.1) is 0 Å². The molecule has 0 fully saturated rings. The second kappa shape index (κ2) is 4.13. The average molecular weight is 180 g/mol. The molecule has 12 heavy (non-hydrogen) atoms. The molecule has 0 saturated carbocycles. The zero-order chi connectivity index (χ0) is 9.78. The lowest BCUT2D eigenvalue weighted by molar-refractivity contribution is -0.127. The number of nitrogens with zero attached hydrogens (tertiary/aromatic N) is 1. The van der Waals surface area contributed by atoms with Gasteiger partial charge in [0.05, 0.1) is 12.1 Å². The predicted octanol–water partition coefficient (Wildman–Crippen LogP) is 2.22. The maximum Gasteiger partial charge on any atom is 0.394 e. The second-order valence-corrected chi connectivity index (χ2v) is 2.51. The fraction of sp³-hybridized carbons (Fsp3) is 0.571. The number of nitrogens with two attached hydrogens (primary N) is 1. The zero-order valence-corrected chi connectivity index (χ0v) is 6.94. The van der Waals surface area contributed by atoms with Gasteiger partial charge in [-0.3, -0.25) is 4.99 Å². The van der Waals surface area contributed by atoms with Crippen LogP contribution in [0.3, 0.4) is 0 Å². The van der Waals surface area contributed by atoms with Crippen LogP contribution in [0.4, 0.5) is 13.2 Å². The van der Waals surface area contributed by atoms with E-state index < -0.39 is 12.6 Å². The maximum absolute atomic E-state index is 11.8. The van der Waals surface area contributed by atoms with E-state index in [0.29, 0.717) is 5.71 Å². The lowest BCUT2D eigenvalue weighted by atomic mass is 10.3. The van der Waals surface area contributed by atoms with Crippen molar-refractivity contribution >= 4 is 5.71 Å². The normalized spacial score (nSPS) is 12.9. The third-order valence-electron chi connectivity index (χ3n) is 0.941. The van der Waals surface area contributed by atoms with Crippen molar-refractivity contribution in [1.82, 2.24) is 0 Å². The Balaban J connectivity index is 4.33. The van der Waals surface area contributed by atoms with E-state index in [1.54, 1.807) is 13.8 Å². The van der Waals surface area contributed by atoms with Gasteiger partial charge >= 0.3 is 6.18 Å². The lowest BCUT2D eigenvalue weighted by Gasteiger charge is -2.05. The Kier molecular flexibility index (Phi) is 3.79. The Morgan fingerprint density at radius 1 is 1.42 bits per heavy atom. The van der Waals surface area contributed by atoms with Gasteiger partial charge in [0.15, 0.2) is 0 Å². The molecule has 0 unspecified atom stereocenters. The van der Waals surface area contributed by atoms with Crippen LogP contribution >= 0.6 is 0 Å². The van der Waals surface area contributed by atoms with Gasteiger partial charge in [0, 0.05) is 11.9 Å². The molecule has 0 aliphatic rings. The Hall–Kier alpha value is -1.00. The third kappa shape index (κ3) is 5.76. The van der Waals surface area contributed by atoms with E-state index in [4.69, 9.17) is 5.73 Å². The first-order valence-corrected chi connectivity index (χ1v) is 3.34. The van der Waals surface area contributed by atoms with E-state index in [1.165, 1.54) is 0 Å². The van der Waals surface area contributed by atoms with Gasteiger partial charge in [0.2, 0.25) is 0 Å². The van der Waals surface area contributed by atoms with Crippen molar-refractivity contribution in [3.8, 4) is 0 Å². The van der Waals surface area contributed by atoms with Crippen molar-refractivity contribution in [2.45, 2.75) is 26.4 Å². The molecule has 0 spiro atoms. The van der Waals surface area contributed by atoms with Gasteiger partial charge in [0.25, 0.3) is 0 Å². The highest BCUT2D eigenvalue weighted by molar-refractivity contribution is 5.80. The summed E-state index contributed by atoms with van der Waals surface area (Å²) in [5, 5.41) is 0. The molecule has 70 valence electrons. The SMILES string of the molecule is CC(C)=N/C(=C\N)CC(F)(F)F. The van der Waals surface area contributed by atoms with Crippen LogP contribution in [0.25, 0.3) is 0 Å². The molecular formula is C7H11F3N2. The molecule has 0 atom stereocenters. The first-order chi connectivity index (χ1) is 5.35. The highest BCUT2D eigenvalue weighted by atomic mass is 19.4. The van der Waals surface area contributed by atoms with Crippen molar-refractivity contribution in [1.29, 1.82) is 0 Å². The quantitative estimate of drug-likeness (QED) is 0.650. The van der Waals surface area contributed by atoms with Crippen LogP contribution in [0, 0.1) is 0 Å². The molecule has 0 aromatic heterocycles. The highest BCUT2D eigenvalue weighted by Gasteiger charge is 2.28. The summed E-state index contributed by atoms with van der Waals surface area (Å²) in [6, 6.07) is 0. The monoisotopic (exact) mass is 180 g/mol. The second-order valence-electron chi connectivity index (χ2n) is 2.51. The average Bonchev–Trinajstić information content (AvgIpc) is 1.82. The minimum absolute atomic E-state index is 0.150. The number of alkyl halides is 3. The summed E-state index contributed by atoms with van der Waals surface area (Å²) >= 11 is 0. The summed E-state index contributed by atoms with van der Waals surface area (Å²) in [4.78, 5) is 3.61. The summed E-state index contributed by atoms with van der Waals surface area (Å²) < 4.78 is 35.3. The summed E-state index contributed by atoms with van der Waals surface area (Å²) in [6.07, 6.45) is -4.45. The number of hydrogen-bond acceptors (Lipinski definition) is 2. The van der Waals surface area contributed by atoms with Crippen LogP contribution in [0.15, 0.2) is 16.9 Å². The molecule has 0 aromatic carbocycles. The van der Waals surface area contributed by atoms with E-state index in [0.717, 1.165) is 6.20 Å². The number of halogens is 3. The molecule has 0 aliphatic heterocycles. The number of aliphatic imine (C=N–C) groups is 1. The van der Waals surface area contributed by atoms with Crippen molar-refractivity contribution in [2.75, 3.05) is 0 Å². The minimum Gasteiger partial charge on any atom is -0.403 e. The standard InChI is InChI=1S/C7H11F3N2/c1-5(2)12-6(4-11)3-7(8,9)10/h4H,3,11H2,1-2H3/b6-4-. The molecule has 0 radical (unpaired) electrons. The van der Waals surface area contributed by atoms with E-state index in [2.05, 4.69) is 4.99 Å². The highest BCUT2D eigenvalue weighted by Crippen LogP contribution is 2.24. The van der Waals surface area contributed by atoms with Crippen LogP contribution in [0.1, 0.15) is 20.3 Å². The molecule has 2 nitrogen and oxygen atoms in total. The predicted molar refractivity (Wildman–Crippen MR) is 41.7 cm³/mol. The van der Waals surface area contributed by atoms with E-state index in [9.17, 15) is 13.2 Å². The molecule has 5 heteroatoms. The Morgan fingerprint density at radius 3 is 2.17 bits per heavy atom. The van der Waals surface area contributed by atoms with Gasteiger partial charge in [-0.1, -0.05) is 0 Å². The number of allylic oxidation sites excluding steroid dienone is 1. The van der Waals surface area contributed by atoms with Crippen LogP contribution < -0.4 is 5.73 Å². The Bertz CT molecular complexity index is 199. The molecule has 0 saturated heterocycles. The lowest BCUT2D eigenvalue weighted by Crippen LogP contribution is -2.09. The molecule has 0 amide bonds. The zero-order valence-electron chi connectivity index (χ0n) is 6.94. The molecule has 0 rings (SSSR count). The summed E-state index contributed by atoms with van der Waals surface area (Å²) in [6.45, 7) is 3.22. The molecule has 0 heterocycles. The van der Waals surface area contributed by atoms with E-state index in [-0.39, 0.29) is 5.70 Å². The minimum atomic E-state index is -4.25. The molecule has 0 aromatic rings. The van der Waals surface area contributed by atoms with Crippen molar-refractivity contribution < 1.29 is 13.2 Å².